The minimum atomic E-state index is -3.16. The Hall–Kier alpha value is -1.36. The molecule has 1 N–H and O–H groups in total. The quantitative estimate of drug-likeness (QED) is 0.763. The molecule has 0 bridgehead atoms. The summed E-state index contributed by atoms with van der Waals surface area (Å²) < 4.78 is 29.1. The van der Waals surface area contributed by atoms with Crippen molar-refractivity contribution in [2.45, 2.75) is 13.0 Å². The summed E-state index contributed by atoms with van der Waals surface area (Å²) in [5.41, 5.74) is 3.22. The molecular weight excluding hydrogens is 192 g/mol. The number of anilines is 1. The van der Waals surface area contributed by atoms with Crippen LogP contribution >= 0.6 is 0 Å². The third kappa shape index (κ3) is 3.57. The summed E-state index contributed by atoms with van der Waals surface area (Å²) in [6, 6.07) is 6.01. The molecule has 0 heterocycles. The van der Waals surface area contributed by atoms with Crippen molar-refractivity contribution in [3.8, 4) is 5.75 Å². The molecule has 0 saturated carbocycles. The number of alkyl halides is 2. The van der Waals surface area contributed by atoms with Crippen LogP contribution in [0.4, 0.5) is 14.5 Å². The van der Waals surface area contributed by atoms with Crippen LogP contribution in [0, 0.1) is 0 Å². The zero-order valence-corrected chi connectivity index (χ0v) is 7.88. The van der Waals surface area contributed by atoms with Crippen LogP contribution in [0.25, 0.3) is 0 Å². The van der Waals surface area contributed by atoms with E-state index in [1.807, 2.05) is 0 Å². The monoisotopic (exact) mass is 203 g/mol. The van der Waals surface area contributed by atoms with E-state index in [2.05, 4.69) is 15.1 Å². The average molecular weight is 203 g/mol. The second-order valence-corrected chi connectivity index (χ2v) is 2.74. The Morgan fingerprint density at radius 3 is 2.21 bits per heavy atom. The summed E-state index contributed by atoms with van der Waals surface area (Å²) in [6.45, 7) is 0.689. The van der Waals surface area contributed by atoms with Crippen molar-refractivity contribution in [2.75, 3.05) is 12.6 Å². The molecule has 14 heavy (non-hydrogen) atoms. The number of hydrogen-bond donors (Lipinski definition) is 1. The smallest absolute Gasteiger partial charge is 0.394 e. The van der Waals surface area contributed by atoms with Crippen molar-refractivity contribution in [1.29, 1.82) is 0 Å². The lowest BCUT2D eigenvalue weighted by Crippen LogP contribution is -2.18. The van der Waals surface area contributed by atoms with E-state index in [1.54, 1.807) is 12.1 Å². The van der Waals surface area contributed by atoms with E-state index in [4.69, 9.17) is 0 Å². The fourth-order valence-electron chi connectivity index (χ4n) is 0.916. The van der Waals surface area contributed by atoms with E-state index < -0.39 is 6.11 Å². The van der Waals surface area contributed by atoms with Crippen LogP contribution in [0.3, 0.4) is 0 Å². The summed E-state index contributed by atoms with van der Waals surface area (Å²) in [6.07, 6.45) is -3.16. The van der Waals surface area contributed by atoms with Gasteiger partial charge in [0, 0.05) is 6.92 Å². The average Bonchev–Trinajstić information content (AvgIpc) is 2.06. The van der Waals surface area contributed by atoms with Gasteiger partial charge in [0.15, 0.2) is 0 Å². The Bertz CT molecular complexity index is 282. The standard InChI is InChI=1S/C9H11F2NO2/c1-9(10,11)14-8-5-3-7(4-6-8)12-13-2/h3-6,12H,1-2H3. The molecule has 0 aromatic heterocycles. The van der Waals surface area contributed by atoms with Gasteiger partial charge in [-0.1, -0.05) is 0 Å². The second kappa shape index (κ2) is 4.23. The predicted molar refractivity (Wildman–Crippen MR) is 48.3 cm³/mol. The number of rotatable bonds is 4. The summed E-state index contributed by atoms with van der Waals surface area (Å²) >= 11 is 0. The minimum Gasteiger partial charge on any atom is -0.433 e. The minimum absolute atomic E-state index is 0.110. The Balaban J connectivity index is 2.64. The van der Waals surface area contributed by atoms with Crippen molar-refractivity contribution in [2.24, 2.45) is 0 Å². The highest BCUT2D eigenvalue weighted by Gasteiger charge is 2.22. The number of hydrogen-bond acceptors (Lipinski definition) is 3. The van der Waals surface area contributed by atoms with Gasteiger partial charge in [0.1, 0.15) is 5.75 Å². The molecule has 0 saturated heterocycles. The van der Waals surface area contributed by atoms with E-state index in [9.17, 15) is 8.78 Å². The van der Waals surface area contributed by atoms with Crippen LogP contribution in [-0.4, -0.2) is 13.2 Å². The van der Waals surface area contributed by atoms with E-state index in [1.165, 1.54) is 19.2 Å². The van der Waals surface area contributed by atoms with Gasteiger partial charge in [-0.2, -0.15) is 8.78 Å². The summed E-state index contributed by atoms with van der Waals surface area (Å²) in [7, 11) is 1.46. The Labute approximate surface area is 80.6 Å². The van der Waals surface area contributed by atoms with Crippen LogP contribution in [-0.2, 0) is 4.84 Å². The van der Waals surface area contributed by atoms with E-state index in [0.29, 0.717) is 12.6 Å². The normalized spacial score (nSPS) is 11.1. The first-order valence-electron chi connectivity index (χ1n) is 3.97. The van der Waals surface area contributed by atoms with Crippen molar-refractivity contribution >= 4 is 5.69 Å². The summed E-state index contributed by atoms with van der Waals surface area (Å²) in [5.74, 6) is 0.110. The van der Waals surface area contributed by atoms with E-state index >= 15 is 0 Å². The third-order valence-electron chi connectivity index (χ3n) is 1.37. The molecule has 5 heteroatoms. The Morgan fingerprint density at radius 2 is 1.79 bits per heavy atom. The van der Waals surface area contributed by atoms with Gasteiger partial charge in [-0.05, 0) is 24.3 Å². The number of benzene rings is 1. The van der Waals surface area contributed by atoms with Crippen LogP contribution in [0.1, 0.15) is 6.92 Å². The molecule has 1 aromatic carbocycles. The number of ether oxygens (including phenoxy) is 1. The van der Waals surface area contributed by atoms with Gasteiger partial charge < -0.3 is 4.74 Å². The lowest BCUT2D eigenvalue weighted by atomic mass is 10.3. The molecule has 0 atom stereocenters. The first-order chi connectivity index (χ1) is 6.51. The molecule has 1 aromatic rings. The summed E-state index contributed by atoms with van der Waals surface area (Å²) in [5, 5.41) is 0. The van der Waals surface area contributed by atoms with Gasteiger partial charge >= 0.3 is 6.11 Å². The first-order valence-corrected chi connectivity index (χ1v) is 3.97. The highest BCUT2D eigenvalue weighted by molar-refractivity contribution is 5.44. The van der Waals surface area contributed by atoms with Crippen molar-refractivity contribution in [1.82, 2.24) is 0 Å². The molecule has 0 radical (unpaired) electrons. The molecule has 0 aliphatic rings. The molecule has 0 amide bonds. The second-order valence-electron chi connectivity index (χ2n) is 2.74. The van der Waals surface area contributed by atoms with Gasteiger partial charge in [-0.25, -0.2) is 0 Å². The fraction of sp³-hybridized carbons (Fsp3) is 0.333. The van der Waals surface area contributed by atoms with Crippen molar-refractivity contribution in [3.63, 3.8) is 0 Å². The van der Waals surface area contributed by atoms with Crippen LogP contribution in [0.2, 0.25) is 0 Å². The zero-order chi connectivity index (χ0) is 10.6. The van der Waals surface area contributed by atoms with Crippen molar-refractivity contribution < 1.29 is 18.4 Å². The van der Waals surface area contributed by atoms with Crippen LogP contribution in [0.5, 0.6) is 5.75 Å². The molecular formula is C9H11F2NO2. The number of halogens is 2. The zero-order valence-electron chi connectivity index (χ0n) is 7.88. The maximum Gasteiger partial charge on any atom is 0.394 e. The number of nitrogens with one attached hydrogen (secondary N) is 1. The molecule has 0 spiro atoms. The van der Waals surface area contributed by atoms with Gasteiger partial charge in [0.05, 0.1) is 12.8 Å². The largest absolute Gasteiger partial charge is 0.433 e. The molecule has 0 unspecified atom stereocenters. The first kappa shape index (κ1) is 10.7. The van der Waals surface area contributed by atoms with Crippen molar-refractivity contribution in [3.05, 3.63) is 24.3 Å². The molecule has 3 nitrogen and oxygen atoms in total. The SMILES string of the molecule is CONc1ccc(OC(C)(F)F)cc1. The van der Waals surface area contributed by atoms with E-state index in [0.717, 1.165) is 0 Å². The van der Waals surface area contributed by atoms with Gasteiger partial charge in [0.2, 0.25) is 0 Å². The molecule has 1 rings (SSSR count). The lowest BCUT2D eigenvalue weighted by molar-refractivity contribution is -0.158. The maximum absolute atomic E-state index is 12.4. The van der Waals surface area contributed by atoms with Crippen LogP contribution in [0.15, 0.2) is 24.3 Å². The third-order valence-corrected chi connectivity index (χ3v) is 1.37. The highest BCUT2D eigenvalue weighted by atomic mass is 19.3. The lowest BCUT2D eigenvalue weighted by Gasteiger charge is -2.13. The van der Waals surface area contributed by atoms with E-state index in [-0.39, 0.29) is 5.75 Å². The Kier molecular flexibility index (Phi) is 3.24. The van der Waals surface area contributed by atoms with Gasteiger partial charge in [-0.15, -0.1) is 0 Å². The molecule has 0 aliphatic heterocycles. The molecule has 0 aliphatic carbocycles. The van der Waals surface area contributed by atoms with Crippen LogP contribution < -0.4 is 10.2 Å². The Morgan fingerprint density at radius 1 is 1.21 bits per heavy atom. The predicted octanol–water partition coefficient (Wildman–Crippen LogP) is 2.65. The van der Waals surface area contributed by atoms with Gasteiger partial charge in [-0.3, -0.25) is 10.3 Å². The maximum atomic E-state index is 12.4. The fourth-order valence-corrected chi connectivity index (χ4v) is 0.916. The molecule has 0 fully saturated rings. The summed E-state index contributed by atoms with van der Waals surface area (Å²) in [4.78, 5) is 4.63. The highest BCUT2D eigenvalue weighted by Crippen LogP contribution is 2.22. The topological polar surface area (TPSA) is 30.5 Å². The van der Waals surface area contributed by atoms with Gasteiger partial charge in [0.25, 0.3) is 0 Å². The molecule has 78 valence electrons.